The molecule has 6 nitrogen and oxygen atoms in total. The van der Waals surface area contributed by atoms with Crippen LogP contribution in [0.25, 0.3) is 0 Å². The van der Waals surface area contributed by atoms with Crippen LogP contribution < -0.4 is 5.32 Å². The molecule has 1 aromatic rings. The van der Waals surface area contributed by atoms with Gasteiger partial charge in [-0.3, -0.25) is 0 Å². The molecule has 2 heterocycles. The predicted molar refractivity (Wildman–Crippen MR) is 90.8 cm³/mol. The highest BCUT2D eigenvalue weighted by Crippen LogP contribution is 2.20. The van der Waals surface area contributed by atoms with Gasteiger partial charge in [-0.05, 0) is 46.5 Å². The second kappa shape index (κ2) is 7.34. The third kappa shape index (κ3) is 5.53. The van der Waals surface area contributed by atoms with E-state index in [2.05, 4.69) is 15.3 Å². The minimum Gasteiger partial charge on any atom is -0.444 e. The maximum atomic E-state index is 12.2. The summed E-state index contributed by atoms with van der Waals surface area (Å²) in [7, 11) is 0. The van der Waals surface area contributed by atoms with Crippen molar-refractivity contribution in [1.82, 2.24) is 14.9 Å². The Kier molecular flexibility index (Phi) is 5.68. The first kappa shape index (κ1) is 17.8. The van der Waals surface area contributed by atoms with Crippen molar-refractivity contribution in [2.24, 2.45) is 5.92 Å². The van der Waals surface area contributed by atoms with E-state index in [4.69, 9.17) is 16.3 Å². The van der Waals surface area contributed by atoms with Crippen molar-refractivity contribution in [3.8, 4) is 0 Å². The van der Waals surface area contributed by atoms with Gasteiger partial charge in [-0.25, -0.2) is 14.8 Å². The zero-order valence-corrected chi connectivity index (χ0v) is 15.0. The number of hydrogen-bond acceptors (Lipinski definition) is 5. The Balaban J connectivity index is 1.86. The van der Waals surface area contributed by atoms with Gasteiger partial charge in [-0.15, -0.1) is 0 Å². The molecule has 0 aromatic carbocycles. The second-order valence-corrected chi connectivity index (χ2v) is 7.34. The molecule has 23 heavy (non-hydrogen) atoms. The maximum absolute atomic E-state index is 12.2. The monoisotopic (exact) mass is 340 g/mol. The number of likely N-dealkylation sites (tertiary alicyclic amines) is 1. The summed E-state index contributed by atoms with van der Waals surface area (Å²) in [5, 5.41) is 3.66. The molecule has 0 radical (unpaired) electrons. The van der Waals surface area contributed by atoms with E-state index in [1.807, 2.05) is 27.7 Å². The molecule has 1 aliphatic heterocycles. The van der Waals surface area contributed by atoms with E-state index in [0.717, 1.165) is 24.9 Å². The van der Waals surface area contributed by atoms with E-state index < -0.39 is 5.60 Å². The number of nitrogens with zero attached hydrogens (tertiary/aromatic N) is 3. The zero-order chi connectivity index (χ0) is 17.0. The molecule has 1 aliphatic rings. The van der Waals surface area contributed by atoms with E-state index in [0.29, 0.717) is 30.1 Å². The van der Waals surface area contributed by atoms with Crippen LogP contribution in [0, 0.1) is 12.8 Å². The number of aromatic nitrogens is 2. The number of hydrogen-bond donors (Lipinski definition) is 1. The fourth-order valence-corrected chi connectivity index (χ4v) is 2.59. The average molecular weight is 341 g/mol. The van der Waals surface area contributed by atoms with Gasteiger partial charge < -0.3 is 15.0 Å². The lowest BCUT2D eigenvalue weighted by molar-refractivity contribution is 0.0172. The van der Waals surface area contributed by atoms with Crippen LogP contribution in [0.15, 0.2) is 6.20 Å². The summed E-state index contributed by atoms with van der Waals surface area (Å²) in [4.78, 5) is 22.4. The SMILES string of the molecule is Cc1cnc(NC[C@@H]2CCCN(C(=O)OC(C)(C)C)C2)nc1Cl. The predicted octanol–water partition coefficient (Wildman–Crippen LogP) is 3.50. The normalized spacial score (nSPS) is 18.7. The lowest BCUT2D eigenvalue weighted by Crippen LogP contribution is -2.44. The van der Waals surface area contributed by atoms with Crippen LogP contribution in [-0.2, 0) is 4.74 Å². The molecule has 0 bridgehead atoms. The molecule has 128 valence electrons. The third-order valence-corrected chi connectivity index (χ3v) is 4.01. The van der Waals surface area contributed by atoms with Gasteiger partial charge in [0.05, 0.1) is 0 Å². The topological polar surface area (TPSA) is 67.4 Å². The van der Waals surface area contributed by atoms with Crippen molar-refractivity contribution in [1.29, 1.82) is 0 Å². The minimum atomic E-state index is -0.464. The molecule has 0 aliphatic carbocycles. The summed E-state index contributed by atoms with van der Waals surface area (Å²) in [5.74, 6) is 0.870. The molecule has 1 atom stereocenters. The number of rotatable bonds is 3. The van der Waals surface area contributed by atoms with Gasteiger partial charge in [0.2, 0.25) is 5.95 Å². The maximum Gasteiger partial charge on any atom is 0.410 e. The van der Waals surface area contributed by atoms with Crippen LogP contribution in [0.2, 0.25) is 5.15 Å². The number of amides is 1. The van der Waals surface area contributed by atoms with Crippen molar-refractivity contribution >= 4 is 23.6 Å². The van der Waals surface area contributed by atoms with Crippen molar-refractivity contribution < 1.29 is 9.53 Å². The Morgan fingerprint density at radius 2 is 2.26 bits per heavy atom. The standard InChI is InChI=1S/C16H25ClN4O2/c1-11-8-18-14(20-13(11)17)19-9-12-6-5-7-21(10-12)15(22)23-16(2,3)4/h8,12H,5-7,9-10H2,1-4H3,(H,18,19,20)/t12-/m0/s1. The second-order valence-electron chi connectivity index (χ2n) is 6.98. The van der Waals surface area contributed by atoms with Crippen LogP contribution in [0.5, 0.6) is 0 Å². The first-order valence-corrected chi connectivity index (χ1v) is 8.33. The fourth-order valence-electron chi connectivity index (χ4n) is 2.47. The highest BCUT2D eigenvalue weighted by molar-refractivity contribution is 6.30. The Bertz CT molecular complexity index is 560. The van der Waals surface area contributed by atoms with Crippen molar-refractivity contribution in [2.45, 2.75) is 46.1 Å². The van der Waals surface area contributed by atoms with Crippen LogP contribution in [0.3, 0.4) is 0 Å². The number of anilines is 1. The number of piperidine rings is 1. The molecule has 1 aromatic heterocycles. The number of aryl methyl sites for hydroxylation is 1. The third-order valence-electron chi connectivity index (χ3n) is 3.63. The molecular weight excluding hydrogens is 316 g/mol. The van der Waals surface area contributed by atoms with Crippen molar-refractivity contribution in [3.63, 3.8) is 0 Å². The number of halogens is 1. The molecule has 0 spiro atoms. The summed E-state index contributed by atoms with van der Waals surface area (Å²) in [6, 6.07) is 0. The molecule has 1 N–H and O–H groups in total. The highest BCUT2D eigenvalue weighted by atomic mass is 35.5. The Morgan fingerprint density at radius 1 is 1.52 bits per heavy atom. The van der Waals surface area contributed by atoms with E-state index in [1.165, 1.54) is 0 Å². The van der Waals surface area contributed by atoms with Crippen molar-refractivity contribution in [2.75, 3.05) is 25.0 Å². The summed E-state index contributed by atoms with van der Waals surface area (Å²) in [6.07, 6.45) is 3.50. The average Bonchev–Trinajstić information content (AvgIpc) is 2.47. The first-order chi connectivity index (χ1) is 10.7. The van der Waals surface area contributed by atoms with E-state index >= 15 is 0 Å². The quantitative estimate of drug-likeness (QED) is 0.853. The molecule has 2 rings (SSSR count). The van der Waals surface area contributed by atoms with E-state index in [9.17, 15) is 4.79 Å². The Morgan fingerprint density at radius 3 is 2.91 bits per heavy atom. The Labute approximate surface area is 142 Å². The van der Waals surface area contributed by atoms with Gasteiger partial charge in [0.25, 0.3) is 0 Å². The van der Waals surface area contributed by atoms with Gasteiger partial charge in [0.1, 0.15) is 10.8 Å². The van der Waals surface area contributed by atoms with Gasteiger partial charge in [0.15, 0.2) is 0 Å². The highest BCUT2D eigenvalue weighted by Gasteiger charge is 2.27. The number of nitrogens with one attached hydrogen (secondary N) is 1. The van der Waals surface area contributed by atoms with Crippen LogP contribution in [0.1, 0.15) is 39.2 Å². The lowest BCUT2D eigenvalue weighted by Gasteiger charge is -2.34. The molecule has 1 fully saturated rings. The molecule has 0 unspecified atom stereocenters. The molecule has 1 amide bonds. The smallest absolute Gasteiger partial charge is 0.410 e. The van der Waals surface area contributed by atoms with Gasteiger partial charge >= 0.3 is 6.09 Å². The molecular formula is C16H25ClN4O2. The molecule has 7 heteroatoms. The summed E-state index contributed by atoms with van der Waals surface area (Å²) >= 11 is 6.00. The summed E-state index contributed by atoms with van der Waals surface area (Å²) in [5.41, 5.74) is 0.389. The number of carbonyl (C=O) groups is 1. The summed E-state index contributed by atoms with van der Waals surface area (Å²) in [6.45, 7) is 9.65. The van der Waals surface area contributed by atoms with Gasteiger partial charge in [-0.2, -0.15) is 0 Å². The zero-order valence-electron chi connectivity index (χ0n) is 14.2. The van der Waals surface area contributed by atoms with Crippen LogP contribution in [0.4, 0.5) is 10.7 Å². The van der Waals surface area contributed by atoms with E-state index in [-0.39, 0.29) is 6.09 Å². The molecule has 0 saturated carbocycles. The molecule has 1 saturated heterocycles. The fraction of sp³-hybridized carbons (Fsp3) is 0.688. The van der Waals surface area contributed by atoms with Gasteiger partial charge in [0, 0.05) is 31.4 Å². The largest absolute Gasteiger partial charge is 0.444 e. The first-order valence-electron chi connectivity index (χ1n) is 7.95. The van der Waals surface area contributed by atoms with Gasteiger partial charge in [-0.1, -0.05) is 11.6 Å². The minimum absolute atomic E-state index is 0.239. The van der Waals surface area contributed by atoms with Crippen molar-refractivity contribution in [3.05, 3.63) is 16.9 Å². The lowest BCUT2D eigenvalue weighted by atomic mass is 9.98. The number of ether oxygens (including phenoxy) is 1. The van der Waals surface area contributed by atoms with Crippen LogP contribution in [-0.4, -0.2) is 46.2 Å². The Hall–Kier alpha value is -1.56. The van der Waals surface area contributed by atoms with Crippen LogP contribution >= 0.6 is 11.6 Å². The summed E-state index contributed by atoms with van der Waals surface area (Å²) < 4.78 is 5.44. The van der Waals surface area contributed by atoms with E-state index in [1.54, 1.807) is 11.1 Å². The number of carbonyl (C=O) groups excluding carboxylic acids is 1.